The number of carbonyl (C=O) groups excluding carboxylic acids is 2. The molecule has 4 rings (SSSR count). The van der Waals surface area contributed by atoms with Crippen LogP contribution in [-0.4, -0.2) is 30.7 Å². The average Bonchev–Trinajstić information content (AvgIpc) is 2.81. The molecule has 0 aliphatic carbocycles. The maximum Gasteiger partial charge on any atom is 0.240 e. The molecule has 2 aromatic rings. The lowest BCUT2D eigenvalue weighted by Crippen LogP contribution is -2.42. The molecule has 0 aromatic heterocycles. The fourth-order valence-corrected chi connectivity index (χ4v) is 4.49. The highest BCUT2D eigenvalue weighted by molar-refractivity contribution is 7.99. The van der Waals surface area contributed by atoms with E-state index in [1.165, 1.54) is 9.80 Å². The van der Waals surface area contributed by atoms with Gasteiger partial charge in [-0.3, -0.25) is 14.5 Å². The first-order chi connectivity index (χ1) is 12.7. The molecule has 26 heavy (non-hydrogen) atoms. The van der Waals surface area contributed by atoms with Crippen molar-refractivity contribution in [2.75, 3.05) is 23.8 Å². The Bertz CT molecular complexity index is 839. The molecule has 0 fully saturated rings. The van der Waals surface area contributed by atoms with Crippen molar-refractivity contribution in [2.45, 2.75) is 23.8 Å². The minimum absolute atomic E-state index is 0.00498. The number of carbonyl (C=O) groups is 2. The summed E-state index contributed by atoms with van der Waals surface area (Å²) in [5.41, 5.74) is 1.81. The van der Waals surface area contributed by atoms with Crippen LogP contribution in [0.1, 0.15) is 24.4 Å². The highest BCUT2D eigenvalue weighted by Crippen LogP contribution is 2.36. The molecule has 0 saturated carbocycles. The zero-order chi connectivity index (χ0) is 17.9. The van der Waals surface area contributed by atoms with E-state index in [9.17, 15) is 9.59 Å². The first kappa shape index (κ1) is 17.0. The van der Waals surface area contributed by atoms with E-state index in [1.807, 2.05) is 48.2 Å². The van der Waals surface area contributed by atoms with Crippen LogP contribution in [0.15, 0.2) is 53.4 Å². The zero-order valence-electron chi connectivity index (χ0n) is 14.3. The molecule has 0 spiro atoms. The number of hydrogen-bond acceptors (Lipinski definition) is 4. The van der Waals surface area contributed by atoms with Crippen molar-refractivity contribution in [1.29, 1.82) is 0 Å². The van der Waals surface area contributed by atoms with E-state index in [2.05, 4.69) is 17.4 Å². The Hall–Kier alpha value is -2.47. The Kier molecular flexibility index (Phi) is 4.84. The van der Waals surface area contributed by atoms with Crippen molar-refractivity contribution in [3.8, 4) is 5.75 Å². The van der Waals surface area contributed by atoms with E-state index >= 15 is 0 Å². The summed E-state index contributed by atoms with van der Waals surface area (Å²) in [7, 11) is 0. The van der Waals surface area contributed by atoms with Crippen molar-refractivity contribution in [2.24, 2.45) is 0 Å². The monoisotopic (exact) mass is 368 g/mol. The number of nitrogens with zero attached hydrogens (tertiary/aromatic N) is 1. The van der Waals surface area contributed by atoms with Gasteiger partial charge < -0.3 is 10.1 Å². The standard InChI is InChI=1S/C20H20N2O3S/c23-19(21-15-10-12-26-18-8-4-1-5-14(15)18)13-22-16-6-2-3-7-17(16)25-11-9-20(22)24/h1-8,15H,9-13H2,(H,21,23)/t15-/m1/s1. The van der Waals surface area contributed by atoms with Crippen LogP contribution >= 0.6 is 11.8 Å². The number of hydrogen-bond donors (Lipinski definition) is 1. The molecule has 0 bridgehead atoms. The largest absolute Gasteiger partial charge is 0.491 e. The maximum atomic E-state index is 12.7. The fraction of sp³-hybridized carbons (Fsp3) is 0.300. The van der Waals surface area contributed by atoms with Crippen LogP contribution in [0.3, 0.4) is 0 Å². The lowest BCUT2D eigenvalue weighted by Gasteiger charge is -2.27. The number of rotatable bonds is 3. The molecule has 1 atom stereocenters. The average molecular weight is 368 g/mol. The molecule has 0 unspecified atom stereocenters. The number of thioether (sulfide) groups is 1. The number of ether oxygens (including phenoxy) is 1. The number of para-hydroxylation sites is 2. The number of amides is 2. The summed E-state index contributed by atoms with van der Waals surface area (Å²) >= 11 is 1.82. The van der Waals surface area contributed by atoms with E-state index in [4.69, 9.17) is 4.74 Å². The van der Waals surface area contributed by atoms with E-state index in [0.29, 0.717) is 18.0 Å². The molecule has 2 aromatic carbocycles. The molecule has 0 saturated heterocycles. The molecule has 2 amide bonds. The summed E-state index contributed by atoms with van der Waals surface area (Å²) in [4.78, 5) is 27.9. The third-order valence-electron chi connectivity index (χ3n) is 4.63. The van der Waals surface area contributed by atoms with E-state index in [1.54, 1.807) is 0 Å². The summed E-state index contributed by atoms with van der Waals surface area (Å²) in [5, 5.41) is 3.11. The third kappa shape index (κ3) is 3.42. The smallest absolute Gasteiger partial charge is 0.240 e. The van der Waals surface area contributed by atoms with Crippen molar-refractivity contribution in [3.63, 3.8) is 0 Å². The minimum Gasteiger partial charge on any atom is -0.491 e. The van der Waals surface area contributed by atoms with Gasteiger partial charge in [-0.15, -0.1) is 11.8 Å². The molecule has 0 radical (unpaired) electrons. The van der Waals surface area contributed by atoms with Gasteiger partial charge in [-0.25, -0.2) is 0 Å². The number of benzene rings is 2. The Morgan fingerprint density at radius 1 is 1.19 bits per heavy atom. The van der Waals surface area contributed by atoms with Crippen molar-refractivity contribution >= 4 is 29.3 Å². The van der Waals surface area contributed by atoms with Crippen LogP contribution in [0, 0.1) is 0 Å². The highest BCUT2D eigenvalue weighted by atomic mass is 32.2. The Morgan fingerprint density at radius 2 is 2.00 bits per heavy atom. The van der Waals surface area contributed by atoms with Gasteiger partial charge in [-0.2, -0.15) is 0 Å². The number of fused-ring (bicyclic) bond motifs is 2. The third-order valence-corrected chi connectivity index (χ3v) is 5.75. The molecule has 2 heterocycles. The van der Waals surface area contributed by atoms with Gasteiger partial charge in [0.2, 0.25) is 11.8 Å². The Labute approximate surface area is 156 Å². The zero-order valence-corrected chi connectivity index (χ0v) is 15.1. The van der Waals surface area contributed by atoms with Gasteiger partial charge in [-0.1, -0.05) is 30.3 Å². The summed E-state index contributed by atoms with van der Waals surface area (Å²) in [6, 6.07) is 15.5. The first-order valence-corrected chi connectivity index (χ1v) is 9.74. The summed E-state index contributed by atoms with van der Waals surface area (Å²) in [6.07, 6.45) is 1.16. The van der Waals surface area contributed by atoms with Gasteiger partial charge in [0, 0.05) is 10.6 Å². The minimum atomic E-state index is -0.151. The van der Waals surface area contributed by atoms with Gasteiger partial charge in [0.25, 0.3) is 0 Å². The summed E-state index contributed by atoms with van der Waals surface area (Å²) in [6.45, 7) is 0.339. The molecular formula is C20H20N2O3S. The lowest BCUT2D eigenvalue weighted by atomic mass is 10.0. The van der Waals surface area contributed by atoms with Crippen LogP contribution < -0.4 is 15.0 Å². The normalized spacial score (nSPS) is 19.0. The van der Waals surface area contributed by atoms with Gasteiger partial charge in [0.15, 0.2) is 0 Å². The Morgan fingerprint density at radius 3 is 2.92 bits per heavy atom. The van der Waals surface area contributed by atoms with Gasteiger partial charge in [0.05, 0.1) is 24.8 Å². The molecule has 2 aliphatic heterocycles. The van der Waals surface area contributed by atoms with Crippen molar-refractivity contribution in [1.82, 2.24) is 5.32 Å². The van der Waals surface area contributed by atoms with Crippen LogP contribution in [0.4, 0.5) is 5.69 Å². The van der Waals surface area contributed by atoms with Crippen LogP contribution in [-0.2, 0) is 9.59 Å². The van der Waals surface area contributed by atoms with E-state index in [-0.39, 0.29) is 30.8 Å². The topological polar surface area (TPSA) is 58.6 Å². The molecule has 2 aliphatic rings. The molecular weight excluding hydrogens is 348 g/mol. The fourth-order valence-electron chi connectivity index (χ4n) is 3.37. The number of nitrogens with one attached hydrogen (secondary N) is 1. The second-order valence-corrected chi connectivity index (χ2v) is 7.48. The first-order valence-electron chi connectivity index (χ1n) is 8.75. The second-order valence-electron chi connectivity index (χ2n) is 6.34. The van der Waals surface area contributed by atoms with Crippen molar-refractivity contribution < 1.29 is 14.3 Å². The number of anilines is 1. The van der Waals surface area contributed by atoms with Crippen LogP contribution in [0.5, 0.6) is 5.75 Å². The molecule has 134 valence electrons. The van der Waals surface area contributed by atoms with Crippen molar-refractivity contribution in [3.05, 3.63) is 54.1 Å². The SMILES string of the molecule is O=C(CN1C(=O)CCOc2ccccc21)N[C@@H]1CCSc2ccccc21. The van der Waals surface area contributed by atoms with Gasteiger partial charge in [0.1, 0.15) is 12.3 Å². The quantitative estimate of drug-likeness (QED) is 0.904. The van der Waals surface area contributed by atoms with Gasteiger partial charge >= 0.3 is 0 Å². The lowest BCUT2D eigenvalue weighted by molar-refractivity contribution is -0.124. The molecule has 5 nitrogen and oxygen atoms in total. The predicted octanol–water partition coefficient (Wildman–Crippen LogP) is 3.16. The molecule has 1 N–H and O–H groups in total. The predicted molar refractivity (Wildman–Crippen MR) is 102 cm³/mol. The van der Waals surface area contributed by atoms with Gasteiger partial charge in [-0.05, 0) is 30.2 Å². The summed E-state index contributed by atoms with van der Waals surface area (Å²) < 4.78 is 5.63. The second kappa shape index (κ2) is 7.41. The highest BCUT2D eigenvalue weighted by Gasteiger charge is 2.27. The Balaban J connectivity index is 1.51. The van der Waals surface area contributed by atoms with Crippen LogP contribution in [0.25, 0.3) is 0 Å². The van der Waals surface area contributed by atoms with Crippen LogP contribution in [0.2, 0.25) is 0 Å². The van der Waals surface area contributed by atoms with E-state index < -0.39 is 0 Å². The molecule has 6 heteroatoms. The van der Waals surface area contributed by atoms with E-state index in [0.717, 1.165) is 17.7 Å². The summed E-state index contributed by atoms with van der Waals surface area (Å²) in [5.74, 6) is 1.37. The maximum absolute atomic E-state index is 12.7.